The van der Waals surface area contributed by atoms with Crippen LogP contribution in [0.25, 0.3) is 0 Å². The van der Waals surface area contributed by atoms with Gasteiger partial charge in [-0.05, 0) is 67.9 Å². The number of carbonyl (C=O) groups is 1. The van der Waals surface area contributed by atoms with Crippen LogP contribution in [0.15, 0.2) is 77.8 Å². The van der Waals surface area contributed by atoms with Gasteiger partial charge in [0.15, 0.2) is 0 Å². The third-order valence-electron chi connectivity index (χ3n) is 7.29. The molecule has 5 rings (SSSR count). The average Bonchev–Trinajstić information content (AvgIpc) is 3.24. The number of anilines is 2. The molecule has 1 saturated heterocycles. The lowest BCUT2D eigenvalue weighted by Crippen LogP contribution is -2.43. The van der Waals surface area contributed by atoms with Crippen LogP contribution in [0.3, 0.4) is 0 Å². The number of nitrogens with zero attached hydrogens (tertiary/aromatic N) is 3. The van der Waals surface area contributed by atoms with Gasteiger partial charge < -0.3 is 10.2 Å². The van der Waals surface area contributed by atoms with Gasteiger partial charge in [0.1, 0.15) is 5.92 Å². The fourth-order valence-corrected chi connectivity index (χ4v) is 5.55. The molecule has 204 valence electrons. The SMILES string of the molecule is CC(C)S(=O)(=O)Nc1ccc2c(c1)C(C(=Nc1ccc(CN3CCN(C)CC3)cc1)c1ccccc1)C(=O)N2. The Morgan fingerprint density at radius 2 is 1.69 bits per heavy atom. The number of benzene rings is 3. The van der Waals surface area contributed by atoms with Gasteiger partial charge in [-0.25, -0.2) is 8.42 Å². The minimum absolute atomic E-state index is 0.192. The molecule has 39 heavy (non-hydrogen) atoms. The van der Waals surface area contributed by atoms with Crippen LogP contribution in [0.1, 0.15) is 36.5 Å². The minimum Gasteiger partial charge on any atom is -0.325 e. The highest BCUT2D eigenvalue weighted by molar-refractivity contribution is 7.93. The van der Waals surface area contributed by atoms with Crippen molar-refractivity contribution in [1.29, 1.82) is 0 Å². The summed E-state index contributed by atoms with van der Waals surface area (Å²) in [6.45, 7) is 8.42. The summed E-state index contributed by atoms with van der Waals surface area (Å²) in [7, 11) is -1.37. The summed E-state index contributed by atoms with van der Waals surface area (Å²) in [4.78, 5) is 23.1. The number of nitrogens with one attached hydrogen (secondary N) is 2. The highest BCUT2D eigenvalue weighted by Crippen LogP contribution is 2.38. The van der Waals surface area contributed by atoms with Crippen molar-refractivity contribution in [3.63, 3.8) is 0 Å². The van der Waals surface area contributed by atoms with Crippen molar-refractivity contribution in [3.8, 4) is 0 Å². The maximum atomic E-state index is 13.3. The first-order chi connectivity index (χ1) is 18.7. The summed E-state index contributed by atoms with van der Waals surface area (Å²) in [6, 6.07) is 23.0. The zero-order valence-electron chi connectivity index (χ0n) is 22.6. The van der Waals surface area contributed by atoms with E-state index in [1.165, 1.54) is 5.56 Å². The van der Waals surface area contributed by atoms with Crippen molar-refractivity contribution in [2.45, 2.75) is 31.6 Å². The van der Waals surface area contributed by atoms with Crippen molar-refractivity contribution >= 4 is 38.7 Å². The normalized spacial score (nSPS) is 18.7. The molecule has 1 fully saturated rings. The Morgan fingerprint density at radius 3 is 2.36 bits per heavy atom. The summed E-state index contributed by atoms with van der Waals surface area (Å²) in [6.07, 6.45) is 0. The number of amides is 1. The fourth-order valence-electron chi connectivity index (χ4n) is 4.86. The number of likely N-dealkylation sites (N-methyl/N-ethyl adjacent to an activating group) is 1. The molecule has 0 saturated carbocycles. The molecule has 0 bridgehead atoms. The first-order valence-electron chi connectivity index (χ1n) is 13.3. The zero-order valence-corrected chi connectivity index (χ0v) is 23.4. The summed E-state index contributed by atoms with van der Waals surface area (Å²) in [5.41, 5.74) is 5.20. The third-order valence-corrected chi connectivity index (χ3v) is 9.06. The number of aliphatic imine (C=N–C) groups is 1. The van der Waals surface area contributed by atoms with Crippen LogP contribution in [0.5, 0.6) is 0 Å². The quantitative estimate of drug-likeness (QED) is 0.408. The predicted molar refractivity (Wildman–Crippen MR) is 157 cm³/mol. The van der Waals surface area contributed by atoms with E-state index < -0.39 is 21.2 Å². The van der Waals surface area contributed by atoms with Crippen LogP contribution >= 0.6 is 0 Å². The number of hydrogen-bond donors (Lipinski definition) is 2. The highest BCUT2D eigenvalue weighted by atomic mass is 32.2. The molecule has 8 nitrogen and oxygen atoms in total. The molecule has 9 heteroatoms. The predicted octanol–water partition coefficient (Wildman–Crippen LogP) is 4.44. The fraction of sp³-hybridized carbons (Fsp3) is 0.333. The van der Waals surface area contributed by atoms with Crippen molar-refractivity contribution in [1.82, 2.24) is 9.80 Å². The van der Waals surface area contributed by atoms with E-state index in [4.69, 9.17) is 4.99 Å². The van der Waals surface area contributed by atoms with Crippen molar-refractivity contribution in [3.05, 3.63) is 89.5 Å². The second kappa shape index (κ2) is 11.3. The molecule has 3 aromatic rings. The van der Waals surface area contributed by atoms with Crippen LogP contribution in [0.2, 0.25) is 0 Å². The Kier molecular flexibility index (Phi) is 7.83. The molecule has 1 unspecified atom stereocenters. The van der Waals surface area contributed by atoms with Gasteiger partial charge in [-0.3, -0.25) is 19.4 Å². The standard InChI is InChI=1S/C30H35N5O3S/c1-21(2)39(37,38)33-25-13-14-27-26(19-25)28(30(36)32-27)29(23-7-5-4-6-8-23)31-24-11-9-22(10-12-24)20-35-17-15-34(3)16-18-35/h4-14,19,21,28,33H,15-18,20H2,1-3H3,(H,32,36). The Bertz CT molecular complexity index is 1460. The van der Waals surface area contributed by atoms with Crippen LogP contribution in [-0.2, 0) is 21.4 Å². The minimum atomic E-state index is -3.53. The summed E-state index contributed by atoms with van der Waals surface area (Å²) in [5, 5.41) is 2.37. The van der Waals surface area contributed by atoms with E-state index in [1.54, 1.807) is 32.0 Å². The molecule has 0 radical (unpaired) electrons. The van der Waals surface area contributed by atoms with Crippen molar-refractivity contribution in [2.75, 3.05) is 43.3 Å². The number of fused-ring (bicyclic) bond motifs is 1. The maximum Gasteiger partial charge on any atom is 0.238 e. The highest BCUT2D eigenvalue weighted by Gasteiger charge is 2.36. The molecule has 1 amide bonds. The van der Waals surface area contributed by atoms with Crippen LogP contribution in [0, 0.1) is 0 Å². The molecule has 1 atom stereocenters. The molecule has 3 aromatic carbocycles. The Morgan fingerprint density at radius 1 is 1.00 bits per heavy atom. The van der Waals surface area contributed by atoms with E-state index in [9.17, 15) is 13.2 Å². The zero-order chi connectivity index (χ0) is 27.6. The molecular formula is C30H35N5O3S. The first kappa shape index (κ1) is 27.1. The number of carbonyl (C=O) groups excluding carboxylic acids is 1. The van der Waals surface area contributed by atoms with Gasteiger partial charge in [-0.2, -0.15) is 0 Å². The van der Waals surface area contributed by atoms with Crippen molar-refractivity contribution in [2.24, 2.45) is 4.99 Å². The smallest absolute Gasteiger partial charge is 0.238 e. The summed E-state index contributed by atoms with van der Waals surface area (Å²) >= 11 is 0. The molecule has 0 aliphatic carbocycles. The largest absolute Gasteiger partial charge is 0.325 e. The molecule has 0 aromatic heterocycles. The van der Waals surface area contributed by atoms with Gasteiger partial charge in [0, 0.05) is 44.1 Å². The van der Waals surface area contributed by atoms with E-state index >= 15 is 0 Å². The van der Waals surface area contributed by atoms with Gasteiger partial charge in [-0.15, -0.1) is 0 Å². The van der Waals surface area contributed by atoms with Gasteiger partial charge >= 0.3 is 0 Å². The van der Waals surface area contributed by atoms with E-state index in [0.717, 1.165) is 44.0 Å². The Balaban J connectivity index is 1.47. The van der Waals surface area contributed by atoms with Crippen LogP contribution in [0.4, 0.5) is 17.1 Å². The van der Waals surface area contributed by atoms with Crippen LogP contribution < -0.4 is 10.0 Å². The third kappa shape index (κ3) is 6.21. The lowest BCUT2D eigenvalue weighted by atomic mass is 9.90. The second-order valence-corrected chi connectivity index (χ2v) is 12.8. The number of hydrogen-bond acceptors (Lipinski definition) is 6. The molecule has 2 aliphatic heterocycles. The Hall–Kier alpha value is -3.53. The molecule has 0 spiro atoms. The molecule has 2 heterocycles. The van der Waals surface area contributed by atoms with Crippen LogP contribution in [-0.4, -0.2) is 68.3 Å². The maximum absolute atomic E-state index is 13.3. The molecule has 2 aliphatic rings. The number of sulfonamides is 1. The first-order valence-corrected chi connectivity index (χ1v) is 14.8. The van der Waals surface area contributed by atoms with Gasteiger partial charge in [-0.1, -0.05) is 42.5 Å². The lowest BCUT2D eigenvalue weighted by Gasteiger charge is -2.32. The molecule has 2 N–H and O–H groups in total. The Labute approximate surface area is 230 Å². The second-order valence-electron chi connectivity index (χ2n) is 10.5. The summed E-state index contributed by atoms with van der Waals surface area (Å²) < 4.78 is 27.6. The number of piperazine rings is 1. The van der Waals surface area contributed by atoms with Crippen molar-refractivity contribution < 1.29 is 13.2 Å². The monoisotopic (exact) mass is 545 g/mol. The average molecular weight is 546 g/mol. The van der Waals surface area contributed by atoms with E-state index in [-0.39, 0.29) is 5.91 Å². The van der Waals surface area contributed by atoms with Gasteiger partial charge in [0.25, 0.3) is 0 Å². The van der Waals surface area contributed by atoms with E-state index in [2.05, 4.69) is 39.0 Å². The van der Waals surface area contributed by atoms with E-state index in [1.807, 2.05) is 42.5 Å². The van der Waals surface area contributed by atoms with E-state index in [0.29, 0.717) is 22.6 Å². The summed E-state index contributed by atoms with van der Waals surface area (Å²) in [5.74, 6) is -0.876. The van der Waals surface area contributed by atoms with Gasteiger partial charge in [0.05, 0.1) is 16.6 Å². The lowest BCUT2D eigenvalue weighted by molar-refractivity contribution is -0.115. The van der Waals surface area contributed by atoms with Gasteiger partial charge in [0.2, 0.25) is 15.9 Å². The topological polar surface area (TPSA) is 94.1 Å². The molecular weight excluding hydrogens is 510 g/mol. The number of rotatable bonds is 8.